The number of rotatable bonds is 3. The minimum absolute atomic E-state index is 0.0860. The lowest BCUT2D eigenvalue weighted by Crippen LogP contribution is -2.47. The summed E-state index contributed by atoms with van der Waals surface area (Å²) in [6.07, 6.45) is 0. The molecule has 2 aromatic rings. The molecule has 2 heterocycles. The first-order valence-electron chi connectivity index (χ1n) is 7.87. The van der Waals surface area contributed by atoms with E-state index in [2.05, 4.69) is 21.2 Å². The zero-order chi connectivity index (χ0) is 17.6. The molecule has 5 nitrogen and oxygen atoms in total. The van der Waals surface area contributed by atoms with Crippen LogP contribution >= 0.6 is 27.7 Å². The molecule has 1 saturated heterocycles. The largest absolute Gasteiger partial charge is 0.494 e. The fourth-order valence-corrected chi connectivity index (χ4v) is 4.92. The molecule has 128 valence electrons. The summed E-state index contributed by atoms with van der Waals surface area (Å²) in [5.74, 6) is 0.716. The summed E-state index contributed by atoms with van der Waals surface area (Å²) in [5.41, 5.74) is 2.23. The van der Waals surface area contributed by atoms with Crippen molar-refractivity contribution in [2.24, 2.45) is 0 Å². The minimum atomic E-state index is -1.07. The van der Waals surface area contributed by atoms with Crippen LogP contribution in [-0.2, 0) is 14.5 Å². The second-order valence-electron chi connectivity index (χ2n) is 5.73. The molecular formula is C18H15BrN2O3S. The fraction of sp³-hybridized carbons (Fsp3) is 0.222. The first-order valence-corrected chi connectivity index (χ1v) is 9.65. The smallest absolute Gasteiger partial charge is 0.266 e. The number of anilines is 2. The van der Waals surface area contributed by atoms with Crippen molar-refractivity contribution in [3.8, 4) is 5.75 Å². The van der Waals surface area contributed by atoms with Crippen LogP contribution in [0.4, 0.5) is 11.4 Å². The van der Waals surface area contributed by atoms with E-state index < -0.39 is 4.87 Å². The fourth-order valence-electron chi connectivity index (χ4n) is 3.26. The van der Waals surface area contributed by atoms with E-state index in [0.29, 0.717) is 12.3 Å². The van der Waals surface area contributed by atoms with Gasteiger partial charge in [-0.1, -0.05) is 15.9 Å². The van der Waals surface area contributed by atoms with E-state index >= 15 is 0 Å². The molecule has 25 heavy (non-hydrogen) atoms. The number of halogens is 1. The molecule has 1 fully saturated rings. The topological polar surface area (TPSA) is 58.6 Å². The summed E-state index contributed by atoms with van der Waals surface area (Å²) in [4.78, 5) is 26.1. The molecule has 2 aliphatic heterocycles. The number of hydrogen-bond donors (Lipinski definition) is 1. The van der Waals surface area contributed by atoms with E-state index in [1.165, 1.54) is 11.8 Å². The number of benzene rings is 2. The highest BCUT2D eigenvalue weighted by Crippen LogP contribution is 2.54. The molecule has 2 aromatic carbocycles. The number of amides is 2. The molecule has 4 rings (SSSR count). The molecule has 0 aliphatic carbocycles. The van der Waals surface area contributed by atoms with Gasteiger partial charge in [0, 0.05) is 21.4 Å². The third-order valence-electron chi connectivity index (χ3n) is 4.28. The average molecular weight is 419 g/mol. The highest BCUT2D eigenvalue weighted by molar-refractivity contribution is 9.10. The summed E-state index contributed by atoms with van der Waals surface area (Å²) >= 11 is 4.81. The number of nitrogens with one attached hydrogen (secondary N) is 1. The number of hydrogen-bond acceptors (Lipinski definition) is 4. The molecule has 7 heteroatoms. The van der Waals surface area contributed by atoms with Gasteiger partial charge < -0.3 is 10.1 Å². The summed E-state index contributed by atoms with van der Waals surface area (Å²) in [5, 5.41) is 2.91. The molecule has 2 aliphatic rings. The Hall–Kier alpha value is -1.99. The van der Waals surface area contributed by atoms with E-state index in [1.54, 1.807) is 4.90 Å². The number of nitrogens with zero attached hydrogens (tertiary/aromatic N) is 1. The van der Waals surface area contributed by atoms with E-state index in [0.717, 1.165) is 21.5 Å². The number of carbonyl (C=O) groups excluding carboxylic acids is 2. The van der Waals surface area contributed by atoms with Gasteiger partial charge in [0.25, 0.3) is 5.91 Å². The van der Waals surface area contributed by atoms with Crippen LogP contribution in [0, 0.1) is 0 Å². The van der Waals surface area contributed by atoms with Crippen molar-refractivity contribution in [3.63, 3.8) is 0 Å². The lowest BCUT2D eigenvalue weighted by atomic mass is 10.0. The maximum Gasteiger partial charge on any atom is 0.266 e. The zero-order valence-corrected chi connectivity index (χ0v) is 15.8. The first-order chi connectivity index (χ1) is 12.1. The SMILES string of the molecule is CCOc1ccc(N2C(=O)CS[C@]23C(=O)Nc2ccc(Br)cc23)cc1. The molecule has 0 unspecified atom stereocenters. The van der Waals surface area contributed by atoms with E-state index in [-0.39, 0.29) is 17.6 Å². The van der Waals surface area contributed by atoms with Crippen LogP contribution in [0.5, 0.6) is 5.75 Å². The molecule has 0 bridgehead atoms. The Morgan fingerprint density at radius 2 is 2.00 bits per heavy atom. The lowest BCUT2D eigenvalue weighted by molar-refractivity contribution is -0.122. The maximum absolute atomic E-state index is 12.9. The predicted octanol–water partition coefficient (Wildman–Crippen LogP) is 3.73. The number of carbonyl (C=O) groups is 2. The zero-order valence-electron chi connectivity index (χ0n) is 13.4. The molecule has 1 atom stereocenters. The number of ether oxygens (including phenoxy) is 1. The Bertz CT molecular complexity index is 871. The van der Waals surface area contributed by atoms with Crippen molar-refractivity contribution in [3.05, 3.63) is 52.5 Å². The quantitative estimate of drug-likeness (QED) is 0.824. The van der Waals surface area contributed by atoms with Gasteiger partial charge in [0.2, 0.25) is 10.8 Å². The van der Waals surface area contributed by atoms with Crippen molar-refractivity contribution < 1.29 is 14.3 Å². The summed E-state index contributed by atoms with van der Waals surface area (Å²) in [7, 11) is 0. The Morgan fingerprint density at radius 3 is 2.72 bits per heavy atom. The van der Waals surface area contributed by atoms with Gasteiger partial charge in [-0.2, -0.15) is 0 Å². The third-order valence-corrected chi connectivity index (χ3v) is 6.17. The average Bonchev–Trinajstić information content (AvgIpc) is 3.08. The van der Waals surface area contributed by atoms with Gasteiger partial charge in [-0.05, 0) is 49.4 Å². The lowest BCUT2D eigenvalue weighted by Gasteiger charge is -2.32. The number of fused-ring (bicyclic) bond motifs is 2. The molecule has 0 saturated carbocycles. The first kappa shape index (κ1) is 16.5. The van der Waals surface area contributed by atoms with Crippen molar-refractivity contribution in [1.82, 2.24) is 0 Å². The monoisotopic (exact) mass is 418 g/mol. The van der Waals surface area contributed by atoms with Crippen LogP contribution < -0.4 is 15.0 Å². The Morgan fingerprint density at radius 1 is 1.24 bits per heavy atom. The van der Waals surface area contributed by atoms with E-state index in [4.69, 9.17) is 4.74 Å². The van der Waals surface area contributed by atoms with Gasteiger partial charge in [-0.3, -0.25) is 14.5 Å². The van der Waals surface area contributed by atoms with Crippen molar-refractivity contribution in [1.29, 1.82) is 0 Å². The number of thioether (sulfide) groups is 1. The normalized spacial score (nSPS) is 21.6. The van der Waals surface area contributed by atoms with Gasteiger partial charge in [0.15, 0.2) is 0 Å². The predicted molar refractivity (Wildman–Crippen MR) is 102 cm³/mol. The summed E-state index contributed by atoms with van der Waals surface area (Å²) in [6.45, 7) is 2.49. The highest BCUT2D eigenvalue weighted by atomic mass is 79.9. The van der Waals surface area contributed by atoms with Gasteiger partial charge in [-0.15, -0.1) is 11.8 Å². The van der Waals surface area contributed by atoms with Crippen LogP contribution in [0.1, 0.15) is 12.5 Å². The van der Waals surface area contributed by atoms with Gasteiger partial charge in [0.05, 0.1) is 12.4 Å². The van der Waals surface area contributed by atoms with Gasteiger partial charge in [-0.25, -0.2) is 0 Å². The van der Waals surface area contributed by atoms with Crippen LogP contribution in [0.2, 0.25) is 0 Å². The van der Waals surface area contributed by atoms with Crippen molar-refractivity contribution in [2.45, 2.75) is 11.8 Å². The Kier molecular flexibility index (Phi) is 4.00. The van der Waals surface area contributed by atoms with Crippen molar-refractivity contribution in [2.75, 3.05) is 22.6 Å². The third kappa shape index (κ3) is 2.45. The van der Waals surface area contributed by atoms with Crippen LogP contribution in [0.15, 0.2) is 46.9 Å². The highest BCUT2D eigenvalue weighted by Gasteiger charge is 2.58. The minimum Gasteiger partial charge on any atom is -0.494 e. The molecular weight excluding hydrogens is 404 g/mol. The van der Waals surface area contributed by atoms with Gasteiger partial charge in [0.1, 0.15) is 5.75 Å². The van der Waals surface area contributed by atoms with Gasteiger partial charge >= 0.3 is 0 Å². The van der Waals surface area contributed by atoms with E-state index in [9.17, 15) is 9.59 Å². The standard InChI is InChI=1S/C18H15BrN2O3S/c1-2-24-13-6-4-12(5-7-13)21-16(22)10-25-18(21)14-9-11(19)3-8-15(14)20-17(18)23/h3-9H,2,10H2,1H3,(H,20,23)/t18-/m1/s1. The summed E-state index contributed by atoms with van der Waals surface area (Å²) in [6, 6.07) is 12.9. The maximum atomic E-state index is 12.9. The second kappa shape index (κ2) is 6.07. The van der Waals surface area contributed by atoms with Crippen molar-refractivity contribution >= 4 is 50.9 Å². The molecule has 0 radical (unpaired) electrons. The van der Waals surface area contributed by atoms with Crippen LogP contribution in [0.3, 0.4) is 0 Å². The van der Waals surface area contributed by atoms with Crippen LogP contribution in [-0.4, -0.2) is 24.2 Å². The van der Waals surface area contributed by atoms with E-state index in [1.807, 2.05) is 49.4 Å². The second-order valence-corrected chi connectivity index (χ2v) is 7.82. The molecule has 0 aromatic heterocycles. The van der Waals surface area contributed by atoms with Crippen LogP contribution in [0.25, 0.3) is 0 Å². The molecule has 2 amide bonds. The Balaban J connectivity index is 1.83. The molecule has 1 N–H and O–H groups in total. The summed E-state index contributed by atoms with van der Waals surface area (Å²) < 4.78 is 6.34. The Labute approximate surface area is 157 Å². The molecule has 1 spiro atoms.